The summed E-state index contributed by atoms with van der Waals surface area (Å²) in [5, 5.41) is 31.8. The van der Waals surface area contributed by atoms with Crippen LogP contribution in [-0.4, -0.2) is 32.7 Å². The van der Waals surface area contributed by atoms with Crippen LogP contribution in [0.3, 0.4) is 0 Å². The molecule has 0 heterocycles. The predicted octanol–water partition coefficient (Wildman–Crippen LogP) is 8.90. The SMILES string of the molecule is CC(C)=CCC[C@@]1(C)[C@H](CC=C(C)C)C[C@@]2(CC=C(C)C)C(=O)/C(=C(/O)c3ccc(O)c(O)c3)C(=O)[C@]1(CC=C(C)C)C2=O. The van der Waals surface area contributed by atoms with Crippen LogP contribution < -0.4 is 0 Å². The van der Waals surface area contributed by atoms with Gasteiger partial charge in [-0.2, -0.15) is 0 Å². The monoisotopic (exact) mass is 602 g/mol. The van der Waals surface area contributed by atoms with Gasteiger partial charge in [-0.1, -0.05) is 53.5 Å². The third-order valence-electron chi connectivity index (χ3n) is 9.76. The number of aromatic hydroxyl groups is 2. The van der Waals surface area contributed by atoms with Crippen LogP contribution in [0.25, 0.3) is 5.76 Å². The first-order valence-electron chi connectivity index (χ1n) is 15.6. The zero-order valence-electron chi connectivity index (χ0n) is 27.9. The Morgan fingerprint density at radius 1 is 0.795 bits per heavy atom. The third-order valence-corrected chi connectivity index (χ3v) is 9.76. The Bertz CT molecular complexity index is 1480. The maximum absolute atomic E-state index is 15.2. The number of fused-ring (bicyclic) bond motifs is 2. The van der Waals surface area contributed by atoms with Gasteiger partial charge in [-0.15, -0.1) is 0 Å². The van der Waals surface area contributed by atoms with Gasteiger partial charge >= 0.3 is 0 Å². The van der Waals surface area contributed by atoms with E-state index < -0.39 is 50.6 Å². The summed E-state index contributed by atoms with van der Waals surface area (Å²) in [7, 11) is 0. The molecule has 6 heteroatoms. The van der Waals surface area contributed by atoms with E-state index in [0.29, 0.717) is 19.3 Å². The largest absolute Gasteiger partial charge is 0.506 e. The molecular weight excluding hydrogens is 552 g/mol. The van der Waals surface area contributed by atoms with Gasteiger partial charge in [-0.3, -0.25) is 14.4 Å². The zero-order valence-corrected chi connectivity index (χ0v) is 27.9. The van der Waals surface area contributed by atoms with Crippen LogP contribution in [0, 0.1) is 22.2 Å². The summed E-state index contributed by atoms with van der Waals surface area (Å²) in [5.41, 5.74) is -0.210. The predicted molar refractivity (Wildman–Crippen MR) is 176 cm³/mol. The molecule has 3 rings (SSSR count). The molecule has 0 amide bonds. The van der Waals surface area contributed by atoms with Gasteiger partial charge in [0.15, 0.2) is 28.8 Å². The first-order chi connectivity index (χ1) is 20.4. The Morgan fingerprint density at radius 3 is 1.91 bits per heavy atom. The molecule has 238 valence electrons. The fraction of sp³-hybridized carbons (Fsp3) is 0.500. The summed E-state index contributed by atoms with van der Waals surface area (Å²) < 4.78 is 0. The molecule has 2 bridgehead atoms. The van der Waals surface area contributed by atoms with Crippen LogP contribution in [-0.2, 0) is 14.4 Å². The van der Waals surface area contributed by atoms with Crippen LogP contribution >= 0.6 is 0 Å². The topological polar surface area (TPSA) is 112 Å². The highest BCUT2D eigenvalue weighted by Gasteiger charge is 2.74. The minimum Gasteiger partial charge on any atom is -0.506 e. The lowest BCUT2D eigenvalue weighted by Crippen LogP contribution is -2.70. The number of hydrogen-bond donors (Lipinski definition) is 3. The van der Waals surface area contributed by atoms with Crippen LogP contribution in [0.2, 0.25) is 0 Å². The second-order valence-corrected chi connectivity index (χ2v) is 14.0. The first-order valence-corrected chi connectivity index (χ1v) is 15.6. The molecular formula is C38H50O6. The Labute approximate surface area is 263 Å². The van der Waals surface area contributed by atoms with Crippen molar-refractivity contribution < 1.29 is 29.7 Å². The van der Waals surface area contributed by atoms with Crippen LogP contribution in [0.4, 0.5) is 0 Å². The molecule has 0 radical (unpaired) electrons. The summed E-state index contributed by atoms with van der Waals surface area (Å²) in [6, 6.07) is 3.67. The smallest absolute Gasteiger partial charge is 0.184 e. The maximum Gasteiger partial charge on any atom is 0.184 e. The highest BCUT2D eigenvalue weighted by molar-refractivity contribution is 6.41. The third kappa shape index (κ3) is 6.13. The van der Waals surface area contributed by atoms with Gasteiger partial charge in [0.25, 0.3) is 0 Å². The van der Waals surface area contributed by atoms with Crippen molar-refractivity contribution in [3.8, 4) is 11.5 Å². The molecule has 0 aromatic heterocycles. The van der Waals surface area contributed by atoms with Crippen molar-refractivity contribution in [2.24, 2.45) is 22.2 Å². The van der Waals surface area contributed by atoms with Gasteiger partial charge in [0.05, 0.1) is 5.41 Å². The Morgan fingerprint density at radius 2 is 1.36 bits per heavy atom. The van der Waals surface area contributed by atoms with Crippen molar-refractivity contribution in [3.63, 3.8) is 0 Å². The van der Waals surface area contributed by atoms with Crippen LogP contribution in [0.1, 0.15) is 106 Å². The van der Waals surface area contributed by atoms with E-state index in [1.807, 2.05) is 74.5 Å². The van der Waals surface area contributed by atoms with E-state index in [4.69, 9.17) is 0 Å². The number of rotatable bonds is 10. The Hall–Kier alpha value is -3.67. The van der Waals surface area contributed by atoms with E-state index in [1.165, 1.54) is 12.1 Å². The Kier molecular flexibility index (Phi) is 10.4. The number of Topliss-reactive ketones (excluding diaryl/α,β-unsaturated/α-hetero) is 3. The number of hydrogen-bond acceptors (Lipinski definition) is 6. The molecule has 2 saturated carbocycles. The molecule has 0 unspecified atom stereocenters. The van der Waals surface area contributed by atoms with Crippen molar-refractivity contribution in [1.82, 2.24) is 0 Å². The molecule has 0 saturated heterocycles. The van der Waals surface area contributed by atoms with E-state index in [1.54, 1.807) is 0 Å². The van der Waals surface area contributed by atoms with Gasteiger partial charge in [0, 0.05) is 5.56 Å². The van der Waals surface area contributed by atoms with E-state index >= 15 is 9.59 Å². The van der Waals surface area contributed by atoms with Crippen molar-refractivity contribution >= 4 is 23.1 Å². The normalized spacial score (nSPS) is 27.4. The number of ketones is 3. The molecule has 3 N–H and O–H groups in total. The second-order valence-electron chi connectivity index (χ2n) is 14.0. The van der Waals surface area contributed by atoms with Gasteiger partial charge in [0.2, 0.25) is 0 Å². The number of carbonyl (C=O) groups is 3. The quantitative estimate of drug-likeness (QED) is 0.0616. The number of phenolic OH excluding ortho intramolecular Hbond substituents is 2. The van der Waals surface area contributed by atoms with Gasteiger partial charge in [-0.05, 0) is 123 Å². The highest BCUT2D eigenvalue weighted by atomic mass is 16.3. The van der Waals surface area contributed by atoms with Crippen molar-refractivity contribution in [2.45, 2.75) is 101 Å². The van der Waals surface area contributed by atoms with Gasteiger partial charge in [-0.25, -0.2) is 0 Å². The summed E-state index contributed by atoms with van der Waals surface area (Å²) in [4.78, 5) is 45.0. The molecule has 44 heavy (non-hydrogen) atoms. The lowest BCUT2D eigenvalue weighted by Gasteiger charge is -2.61. The van der Waals surface area contributed by atoms with Crippen molar-refractivity contribution in [1.29, 1.82) is 0 Å². The number of allylic oxidation sites excluding steroid dienone is 9. The second kappa shape index (κ2) is 13.1. The average Bonchev–Trinajstić information content (AvgIpc) is 2.92. The molecule has 2 fully saturated rings. The molecule has 0 aliphatic heterocycles. The summed E-state index contributed by atoms with van der Waals surface area (Å²) in [6.07, 6.45) is 10.4. The average molecular weight is 603 g/mol. The number of benzene rings is 1. The first kappa shape index (κ1) is 34.8. The number of phenols is 2. The van der Waals surface area contributed by atoms with Crippen molar-refractivity contribution in [3.05, 3.63) is 75.9 Å². The minimum absolute atomic E-state index is 0.0199. The fourth-order valence-corrected chi connectivity index (χ4v) is 7.12. The number of aliphatic hydroxyl groups is 1. The number of carbonyl (C=O) groups excluding carboxylic acids is 3. The minimum atomic E-state index is -1.61. The lowest BCUT2D eigenvalue weighted by molar-refractivity contribution is -0.178. The highest BCUT2D eigenvalue weighted by Crippen LogP contribution is 2.67. The molecule has 0 spiro atoms. The molecule has 2 aliphatic carbocycles. The molecule has 2 aliphatic rings. The maximum atomic E-state index is 15.2. The Balaban J connectivity index is 2.51. The molecule has 1 aromatic carbocycles. The fourth-order valence-electron chi connectivity index (χ4n) is 7.12. The number of aliphatic hydroxyl groups excluding tert-OH is 1. The zero-order chi connectivity index (χ0) is 33.2. The molecule has 6 nitrogen and oxygen atoms in total. The van der Waals surface area contributed by atoms with Gasteiger partial charge in [0.1, 0.15) is 16.7 Å². The summed E-state index contributed by atoms with van der Waals surface area (Å²) in [5.74, 6) is -3.32. The summed E-state index contributed by atoms with van der Waals surface area (Å²) in [6.45, 7) is 17.8. The van der Waals surface area contributed by atoms with Crippen LogP contribution in [0.5, 0.6) is 11.5 Å². The van der Waals surface area contributed by atoms with E-state index in [-0.39, 0.29) is 36.5 Å². The standard InChI is InChI=1S/C38H50O6/c1-23(2)11-10-18-36(9)28(14-12-24(3)4)22-37(19-16-25(5)6)33(42)31(32(41)27-13-15-29(39)30(40)21-27)34(43)38(36,35(37)44)20-17-26(7)8/h11-13,15-17,21,28,39-41H,10,14,18-20,22H2,1-9H3/b32-31-/t28-,36+,37+,38-/m1/s1. The molecule has 4 atom stereocenters. The van der Waals surface area contributed by atoms with E-state index in [9.17, 15) is 20.1 Å². The summed E-state index contributed by atoms with van der Waals surface area (Å²) >= 11 is 0. The van der Waals surface area contributed by atoms with E-state index in [0.717, 1.165) is 28.4 Å². The van der Waals surface area contributed by atoms with E-state index in [2.05, 4.69) is 12.2 Å². The molecule has 1 aromatic rings. The van der Waals surface area contributed by atoms with Crippen LogP contribution in [0.15, 0.2) is 70.4 Å². The lowest BCUT2D eigenvalue weighted by atomic mass is 9.37. The van der Waals surface area contributed by atoms with Crippen molar-refractivity contribution in [2.75, 3.05) is 0 Å². The van der Waals surface area contributed by atoms with Gasteiger partial charge < -0.3 is 15.3 Å².